The first kappa shape index (κ1) is 15.9. The number of hydrogen-bond donors (Lipinski definition) is 2. The molecule has 1 aliphatic rings. The first-order valence-corrected chi connectivity index (χ1v) is 9.03. The van der Waals surface area contributed by atoms with E-state index < -0.39 is 0 Å². The molecule has 0 amide bonds. The van der Waals surface area contributed by atoms with E-state index >= 15 is 0 Å². The summed E-state index contributed by atoms with van der Waals surface area (Å²) in [5, 5.41) is 16.7. The van der Waals surface area contributed by atoms with Gasteiger partial charge in [0.25, 0.3) is 0 Å². The number of nitrogens with zero attached hydrogens (tertiary/aromatic N) is 4. The van der Waals surface area contributed by atoms with Gasteiger partial charge in [0.05, 0.1) is 30.7 Å². The average molecular weight is 348 g/mol. The maximum Gasteiger partial charge on any atom is 0.206 e. The number of fused-ring (bicyclic) bond motifs is 5. The number of rotatable bonds is 4. The normalized spacial score (nSPS) is 16.8. The Kier molecular flexibility index (Phi) is 3.80. The van der Waals surface area contributed by atoms with Crippen LogP contribution in [0.5, 0.6) is 0 Å². The molecule has 24 heavy (non-hydrogen) atoms. The molecule has 0 bridgehead atoms. The Hall–Kier alpha value is -1.61. The number of aryl methyl sites for hydroxylation is 1. The van der Waals surface area contributed by atoms with E-state index in [1.165, 1.54) is 10.4 Å². The van der Waals surface area contributed by atoms with Crippen LogP contribution in [0.2, 0.25) is 0 Å². The Labute approximate surface area is 143 Å². The first-order chi connectivity index (χ1) is 11.5. The molecule has 3 aromatic rings. The summed E-state index contributed by atoms with van der Waals surface area (Å²) in [5.74, 6) is 1.62. The van der Waals surface area contributed by atoms with Crippen molar-refractivity contribution in [3.05, 3.63) is 22.1 Å². The number of thiophene rings is 1. The zero-order valence-corrected chi connectivity index (χ0v) is 15.0. The first-order valence-electron chi connectivity index (χ1n) is 8.21. The van der Waals surface area contributed by atoms with Crippen LogP contribution in [0.25, 0.3) is 15.9 Å². The molecule has 7 nitrogen and oxygen atoms in total. The van der Waals surface area contributed by atoms with Gasteiger partial charge < -0.3 is 15.2 Å². The number of aliphatic hydroxyl groups excluding tert-OH is 1. The number of ether oxygens (including phenoxy) is 1. The van der Waals surface area contributed by atoms with Crippen molar-refractivity contribution >= 4 is 27.2 Å². The van der Waals surface area contributed by atoms with Crippen LogP contribution in [0.3, 0.4) is 0 Å². The van der Waals surface area contributed by atoms with E-state index in [0.717, 1.165) is 33.9 Å². The van der Waals surface area contributed by atoms with Gasteiger partial charge in [0.15, 0.2) is 5.65 Å². The summed E-state index contributed by atoms with van der Waals surface area (Å²) in [6.07, 6.45) is 0.863. The smallest absolute Gasteiger partial charge is 0.206 e. The molecule has 0 unspecified atom stereocenters. The molecule has 8 heteroatoms. The predicted octanol–water partition coefficient (Wildman–Crippen LogP) is 0.554. The van der Waals surface area contributed by atoms with Crippen LogP contribution in [-0.4, -0.2) is 43.4 Å². The third kappa shape index (κ3) is 2.59. The minimum Gasteiger partial charge on any atom is -0.391 e. The van der Waals surface area contributed by atoms with Gasteiger partial charge in [0, 0.05) is 11.3 Å². The molecule has 0 atom stereocenters. The van der Waals surface area contributed by atoms with Crippen LogP contribution in [0.15, 0.2) is 0 Å². The molecule has 4 rings (SSSR count). The second-order valence-electron chi connectivity index (χ2n) is 6.84. The van der Waals surface area contributed by atoms with Gasteiger partial charge in [-0.05, 0) is 26.3 Å². The second kappa shape index (κ2) is 5.73. The van der Waals surface area contributed by atoms with Gasteiger partial charge >= 0.3 is 0 Å². The van der Waals surface area contributed by atoms with E-state index in [1.54, 1.807) is 11.3 Å². The zero-order chi connectivity index (χ0) is 16.9. The van der Waals surface area contributed by atoms with Crippen molar-refractivity contribution < 1.29 is 15.2 Å². The Morgan fingerprint density at radius 3 is 3.00 bits per heavy atom. The number of hydrogen-bond acceptors (Lipinski definition) is 6. The highest BCUT2D eigenvalue weighted by molar-refractivity contribution is 7.19. The fraction of sp³-hybridized carbons (Fsp3) is 0.562. The van der Waals surface area contributed by atoms with Gasteiger partial charge in [-0.25, -0.2) is 9.97 Å². The van der Waals surface area contributed by atoms with Crippen LogP contribution >= 0.6 is 11.3 Å². The van der Waals surface area contributed by atoms with Crippen LogP contribution in [-0.2, 0) is 24.3 Å². The minimum absolute atomic E-state index is 0.158. The van der Waals surface area contributed by atoms with E-state index in [4.69, 9.17) is 19.8 Å². The lowest BCUT2D eigenvalue weighted by atomic mass is 9.94. The summed E-state index contributed by atoms with van der Waals surface area (Å²) in [4.78, 5) is 11.8. The molecule has 0 aliphatic carbocycles. The summed E-state index contributed by atoms with van der Waals surface area (Å²) in [6, 6.07) is 0. The molecule has 128 valence electrons. The summed E-state index contributed by atoms with van der Waals surface area (Å²) < 4.78 is 7.79. The third-order valence-electron chi connectivity index (χ3n) is 4.37. The van der Waals surface area contributed by atoms with E-state index in [9.17, 15) is 0 Å². The lowest BCUT2D eigenvalue weighted by Crippen LogP contribution is -2.83. The fourth-order valence-electron chi connectivity index (χ4n) is 3.19. The van der Waals surface area contributed by atoms with Crippen LogP contribution in [0, 0.1) is 6.92 Å². The highest BCUT2D eigenvalue weighted by Crippen LogP contribution is 2.39. The Morgan fingerprint density at radius 1 is 1.38 bits per heavy atom. The van der Waals surface area contributed by atoms with E-state index in [0.29, 0.717) is 19.7 Å². The molecular weight excluding hydrogens is 326 g/mol. The highest BCUT2D eigenvalue weighted by atomic mass is 32.1. The van der Waals surface area contributed by atoms with Gasteiger partial charge in [-0.3, -0.25) is 0 Å². The van der Waals surface area contributed by atoms with Crippen molar-refractivity contribution in [3.8, 4) is 0 Å². The van der Waals surface area contributed by atoms with E-state index in [2.05, 4.69) is 18.9 Å². The van der Waals surface area contributed by atoms with Gasteiger partial charge in [0.1, 0.15) is 17.2 Å². The Bertz CT molecular complexity index is 914. The predicted molar refractivity (Wildman–Crippen MR) is 91.1 cm³/mol. The number of aromatic nitrogens is 4. The average Bonchev–Trinajstić information content (AvgIpc) is 3.08. The lowest BCUT2D eigenvalue weighted by Gasteiger charge is -2.30. The van der Waals surface area contributed by atoms with Crippen molar-refractivity contribution in [3.63, 3.8) is 0 Å². The topological polar surface area (TPSA) is 89.2 Å². The summed E-state index contributed by atoms with van der Waals surface area (Å²) in [6.45, 7) is 8.31. The highest BCUT2D eigenvalue weighted by Gasteiger charge is 2.31. The maximum atomic E-state index is 8.93. The zero-order valence-electron chi connectivity index (χ0n) is 14.2. The molecule has 0 fully saturated rings. The molecular formula is C16H22N5O2S+. The molecule has 4 heterocycles. The van der Waals surface area contributed by atoms with Crippen LogP contribution in [0.4, 0.5) is 0 Å². The number of aliphatic hydroxyl groups is 1. The molecule has 0 saturated carbocycles. The molecule has 0 spiro atoms. The van der Waals surface area contributed by atoms with Gasteiger partial charge in [0.2, 0.25) is 5.82 Å². The van der Waals surface area contributed by atoms with Crippen molar-refractivity contribution in [2.24, 2.45) is 0 Å². The van der Waals surface area contributed by atoms with Gasteiger partial charge in [-0.2, -0.15) is 4.52 Å². The van der Waals surface area contributed by atoms with Crippen molar-refractivity contribution in [2.75, 3.05) is 13.2 Å². The summed E-state index contributed by atoms with van der Waals surface area (Å²) in [7, 11) is 0. The fourth-order valence-corrected chi connectivity index (χ4v) is 4.34. The molecule has 3 aromatic heterocycles. The van der Waals surface area contributed by atoms with Crippen molar-refractivity contribution in [1.82, 2.24) is 19.6 Å². The number of nitrogens with two attached hydrogens (primary N) is 1. The van der Waals surface area contributed by atoms with Gasteiger partial charge in [-0.15, -0.1) is 16.4 Å². The van der Waals surface area contributed by atoms with Crippen LogP contribution in [0.1, 0.15) is 35.9 Å². The standard InChI is InChI=1S/C16H21N5O2S/c1-9-18-15-13(10-6-16(2,3)23-8-11(10)24-15)14-19-12(20-21(9)14)7-17-4-5-22/h17,22H,4-8H2,1-3H3/p+1. The quantitative estimate of drug-likeness (QED) is 0.672. The summed E-state index contributed by atoms with van der Waals surface area (Å²) in [5.41, 5.74) is 2.03. The molecule has 3 N–H and O–H groups in total. The van der Waals surface area contributed by atoms with Crippen LogP contribution < -0.4 is 5.32 Å². The largest absolute Gasteiger partial charge is 0.391 e. The Morgan fingerprint density at radius 2 is 2.21 bits per heavy atom. The molecule has 0 saturated heterocycles. The lowest BCUT2D eigenvalue weighted by molar-refractivity contribution is -0.672. The summed E-state index contributed by atoms with van der Waals surface area (Å²) >= 11 is 1.70. The van der Waals surface area contributed by atoms with E-state index in [1.807, 2.05) is 16.8 Å². The molecule has 1 aliphatic heterocycles. The van der Waals surface area contributed by atoms with Gasteiger partial charge in [-0.1, -0.05) is 0 Å². The Balaban J connectivity index is 1.87. The molecule has 0 radical (unpaired) electrons. The monoisotopic (exact) mass is 348 g/mol. The second-order valence-corrected chi connectivity index (χ2v) is 7.92. The number of quaternary nitrogens is 1. The van der Waals surface area contributed by atoms with Crippen molar-refractivity contribution in [2.45, 2.75) is 45.9 Å². The minimum atomic E-state index is -0.166. The van der Waals surface area contributed by atoms with E-state index in [-0.39, 0.29) is 12.2 Å². The maximum absolute atomic E-state index is 8.93. The molecule has 0 aromatic carbocycles. The SMILES string of the molecule is Cc1nc2sc3c(c2c2nc(C[NH2+]CCO)nn12)CC(C)(C)OC3. The van der Waals surface area contributed by atoms with Crippen molar-refractivity contribution in [1.29, 1.82) is 0 Å². The third-order valence-corrected chi connectivity index (χ3v) is 5.47.